The van der Waals surface area contributed by atoms with E-state index in [-0.39, 0.29) is 11.8 Å². The smallest absolute Gasteiger partial charge is 0.251 e. The molecular weight excluding hydrogens is 331 g/mol. The van der Waals surface area contributed by atoms with E-state index in [0.29, 0.717) is 18.7 Å². The zero-order valence-electron chi connectivity index (χ0n) is 9.84. The number of nitrogens with one attached hydrogen (secondary N) is 2. The first-order chi connectivity index (χ1) is 8.00. The molecule has 0 aliphatic heterocycles. The van der Waals surface area contributed by atoms with E-state index >= 15 is 0 Å². The van der Waals surface area contributed by atoms with E-state index in [1.165, 1.54) is 6.92 Å². The van der Waals surface area contributed by atoms with Crippen LogP contribution in [-0.4, -0.2) is 24.9 Å². The van der Waals surface area contributed by atoms with Gasteiger partial charge in [-0.2, -0.15) is 0 Å². The molecule has 0 spiro atoms. The van der Waals surface area contributed by atoms with E-state index in [4.69, 9.17) is 0 Å². The quantitative estimate of drug-likeness (QED) is 0.641. The normalized spacial score (nSPS) is 9.82. The highest BCUT2D eigenvalue weighted by Gasteiger charge is 2.06. The fourth-order valence-electron chi connectivity index (χ4n) is 1.25. The summed E-state index contributed by atoms with van der Waals surface area (Å²) < 4.78 is 1.07. The molecule has 1 rings (SSSR count). The van der Waals surface area contributed by atoms with Gasteiger partial charge in [0.25, 0.3) is 5.91 Å². The van der Waals surface area contributed by atoms with E-state index in [1.54, 1.807) is 6.07 Å². The van der Waals surface area contributed by atoms with Crippen molar-refractivity contribution < 1.29 is 9.59 Å². The summed E-state index contributed by atoms with van der Waals surface area (Å²) in [6, 6.07) is 5.57. The van der Waals surface area contributed by atoms with E-state index in [0.717, 1.165) is 9.13 Å². The Morgan fingerprint density at radius 1 is 1.24 bits per heavy atom. The first kappa shape index (κ1) is 14.0. The minimum atomic E-state index is -0.117. The predicted octanol–water partition coefficient (Wildman–Crippen LogP) is 1.47. The number of aryl methyl sites for hydroxylation is 1. The number of rotatable bonds is 4. The molecule has 0 atom stereocenters. The lowest BCUT2D eigenvalue weighted by molar-refractivity contribution is -0.118. The lowest BCUT2D eigenvalue weighted by Crippen LogP contribution is -2.33. The Balaban J connectivity index is 2.47. The summed E-state index contributed by atoms with van der Waals surface area (Å²) in [4.78, 5) is 22.3. The van der Waals surface area contributed by atoms with Crippen molar-refractivity contribution in [1.29, 1.82) is 0 Å². The maximum atomic E-state index is 11.7. The number of carbonyl (C=O) groups is 2. The van der Waals surface area contributed by atoms with Crippen molar-refractivity contribution in [1.82, 2.24) is 10.6 Å². The molecule has 0 unspecified atom stereocenters. The molecule has 2 N–H and O–H groups in total. The van der Waals surface area contributed by atoms with E-state index in [2.05, 4.69) is 33.2 Å². The van der Waals surface area contributed by atoms with Crippen molar-refractivity contribution >= 4 is 34.4 Å². The number of carbonyl (C=O) groups excluding carboxylic acids is 2. The highest BCUT2D eigenvalue weighted by atomic mass is 127. The average molecular weight is 346 g/mol. The molecule has 4 nitrogen and oxygen atoms in total. The van der Waals surface area contributed by atoms with Gasteiger partial charge in [-0.15, -0.1) is 0 Å². The molecule has 0 aliphatic rings. The molecule has 2 amide bonds. The van der Waals surface area contributed by atoms with Crippen LogP contribution in [0, 0.1) is 10.5 Å². The molecule has 17 heavy (non-hydrogen) atoms. The number of amides is 2. The monoisotopic (exact) mass is 346 g/mol. The molecule has 92 valence electrons. The van der Waals surface area contributed by atoms with Gasteiger partial charge in [-0.1, -0.05) is 6.07 Å². The summed E-state index contributed by atoms with van der Waals surface area (Å²) in [6.45, 7) is 4.33. The summed E-state index contributed by atoms with van der Waals surface area (Å²) in [5.41, 5.74) is 1.79. The number of benzene rings is 1. The summed E-state index contributed by atoms with van der Waals surface area (Å²) >= 11 is 2.20. The highest BCUT2D eigenvalue weighted by molar-refractivity contribution is 14.1. The van der Waals surface area contributed by atoms with Crippen LogP contribution >= 0.6 is 22.6 Å². The highest BCUT2D eigenvalue weighted by Crippen LogP contribution is 2.13. The third-order valence-electron chi connectivity index (χ3n) is 2.22. The maximum Gasteiger partial charge on any atom is 0.251 e. The molecule has 1 aromatic rings. The lowest BCUT2D eigenvalue weighted by Gasteiger charge is -2.07. The van der Waals surface area contributed by atoms with Gasteiger partial charge in [-0.3, -0.25) is 9.59 Å². The summed E-state index contributed by atoms with van der Waals surface area (Å²) in [6.07, 6.45) is 0. The second-order valence-electron chi connectivity index (χ2n) is 3.70. The Labute approximate surface area is 114 Å². The van der Waals surface area contributed by atoms with Crippen molar-refractivity contribution in [3.8, 4) is 0 Å². The van der Waals surface area contributed by atoms with Gasteiger partial charge in [0.15, 0.2) is 0 Å². The molecule has 0 saturated heterocycles. The topological polar surface area (TPSA) is 58.2 Å². The number of hydrogen-bond donors (Lipinski definition) is 2. The van der Waals surface area contributed by atoms with Crippen LogP contribution in [0.4, 0.5) is 0 Å². The Morgan fingerprint density at radius 2 is 1.88 bits per heavy atom. The summed E-state index contributed by atoms with van der Waals surface area (Å²) in [7, 11) is 0. The lowest BCUT2D eigenvalue weighted by atomic mass is 10.1. The Hall–Kier alpha value is -1.11. The Bertz CT molecular complexity index is 433. The van der Waals surface area contributed by atoms with Crippen molar-refractivity contribution in [2.45, 2.75) is 13.8 Å². The summed E-state index contributed by atoms with van der Waals surface area (Å²) in [5, 5.41) is 5.36. The molecule has 0 bridgehead atoms. The van der Waals surface area contributed by atoms with Gasteiger partial charge in [0.1, 0.15) is 0 Å². The zero-order valence-corrected chi connectivity index (χ0v) is 12.0. The molecule has 0 aliphatic carbocycles. The fourth-order valence-corrected chi connectivity index (χ4v) is 1.77. The Kier molecular flexibility index (Phi) is 5.40. The van der Waals surface area contributed by atoms with Gasteiger partial charge in [-0.25, -0.2) is 0 Å². The van der Waals surface area contributed by atoms with Crippen LogP contribution in [-0.2, 0) is 4.79 Å². The van der Waals surface area contributed by atoms with Crippen LogP contribution in [0.1, 0.15) is 22.8 Å². The first-order valence-corrected chi connectivity index (χ1v) is 6.37. The van der Waals surface area contributed by atoms with Gasteiger partial charge >= 0.3 is 0 Å². The van der Waals surface area contributed by atoms with Gasteiger partial charge in [-0.05, 0) is 47.2 Å². The van der Waals surface area contributed by atoms with Crippen LogP contribution in [0.15, 0.2) is 18.2 Å². The third-order valence-corrected chi connectivity index (χ3v) is 3.38. The first-order valence-electron chi connectivity index (χ1n) is 5.29. The van der Waals surface area contributed by atoms with E-state index in [9.17, 15) is 9.59 Å². The molecular formula is C12H15IN2O2. The second kappa shape index (κ2) is 6.58. The zero-order chi connectivity index (χ0) is 12.8. The maximum absolute atomic E-state index is 11.7. The van der Waals surface area contributed by atoms with Crippen LogP contribution in [0.5, 0.6) is 0 Å². The molecule has 5 heteroatoms. The molecule has 0 fully saturated rings. The van der Waals surface area contributed by atoms with Crippen LogP contribution in [0.25, 0.3) is 0 Å². The molecule has 1 aromatic carbocycles. The molecule has 0 heterocycles. The van der Waals surface area contributed by atoms with E-state index < -0.39 is 0 Å². The number of halogens is 1. The fraction of sp³-hybridized carbons (Fsp3) is 0.333. The average Bonchev–Trinajstić information content (AvgIpc) is 2.27. The second-order valence-corrected chi connectivity index (χ2v) is 4.87. The summed E-state index contributed by atoms with van der Waals surface area (Å²) in [5.74, 6) is -0.211. The van der Waals surface area contributed by atoms with Crippen molar-refractivity contribution in [2.24, 2.45) is 0 Å². The van der Waals surface area contributed by atoms with Gasteiger partial charge in [0.05, 0.1) is 0 Å². The predicted molar refractivity (Wildman–Crippen MR) is 74.9 cm³/mol. The van der Waals surface area contributed by atoms with Crippen LogP contribution in [0.3, 0.4) is 0 Å². The third kappa shape index (κ3) is 4.72. The van der Waals surface area contributed by atoms with Crippen LogP contribution in [0.2, 0.25) is 0 Å². The van der Waals surface area contributed by atoms with Crippen LogP contribution < -0.4 is 10.6 Å². The van der Waals surface area contributed by atoms with Crippen molar-refractivity contribution in [3.05, 3.63) is 32.9 Å². The number of hydrogen-bond acceptors (Lipinski definition) is 2. The van der Waals surface area contributed by atoms with E-state index in [1.807, 2.05) is 19.1 Å². The van der Waals surface area contributed by atoms with Gasteiger partial charge in [0.2, 0.25) is 5.91 Å². The minimum absolute atomic E-state index is 0.0934. The van der Waals surface area contributed by atoms with Gasteiger partial charge in [0, 0.05) is 29.1 Å². The van der Waals surface area contributed by atoms with Crippen molar-refractivity contribution in [3.63, 3.8) is 0 Å². The molecule has 0 aromatic heterocycles. The molecule has 0 saturated carbocycles. The SMILES string of the molecule is CC(=O)NCCNC(=O)c1ccc(C)c(I)c1. The molecule has 0 radical (unpaired) electrons. The largest absolute Gasteiger partial charge is 0.355 e. The van der Waals surface area contributed by atoms with Gasteiger partial charge < -0.3 is 10.6 Å². The standard InChI is InChI=1S/C12H15IN2O2/c1-8-3-4-10(7-11(8)13)12(17)15-6-5-14-9(2)16/h3-4,7H,5-6H2,1-2H3,(H,14,16)(H,15,17). The Morgan fingerprint density at radius 3 is 2.47 bits per heavy atom. The van der Waals surface area contributed by atoms with Crippen molar-refractivity contribution in [2.75, 3.05) is 13.1 Å². The minimum Gasteiger partial charge on any atom is -0.355 e.